The second-order valence-electron chi connectivity index (χ2n) is 5.59. The van der Waals surface area contributed by atoms with E-state index in [0.717, 1.165) is 22.9 Å². The maximum atomic E-state index is 12.9. The van der Waals surface area contributed by atoms with Crippen molar-refractivity contribution in [2.24, 2.45) is 0 Å². The highest BCUT2D eigenvalue weighted by Gasteiger charge is 2.33. The molecule has 3 nitrogen and oxygen atoms in total. The van der Waals surface area contributed by atoms with Gasteiger partial charge in [-0.05, 0) is 37.6 Å². The summed E-state index contributed by atoms with van der Waals surface area (Å²) in [5, 5.41) is 5.45. The van der Waals surface area contributed by atoms with Gasteiger partial charge in [-0.1, -0.05) is 29.8 Å². The molecule has 0 aliphatic rings. The Labute approximate surface area is 138 Å². The maximum absolute atomic E-state index is 12.9. The van der Waals surface area contributed by atoms with Gasteiger partial charge in [0.15, 0.2) is 0 Å². The molecule has 0 heterocycles. The standard InChI is InChI=1S/C18H19F3N2O/c1-12-7-8-15(13(2)11-12)22-10-9-17(24)23-16-6-4-3-5-14(16)18(19,20)21/h3-8,11,22H,9-10H2,1-2H3,(H,23,24). The molecule has 2 aromatic rings. The number of rotatable bonds is 5. The summed E-state index contributed by atoms with van der Waals surface area (Å²) in [6, 6.07) is 10.8. The highest BCUT2D eigenvalue weighted by molar-refractivity contribution is 5.91. The van der Waals surface area contributed by atoms with Crippen LogP contribution < -0.4 is 10.6 Å². The molecule has 0 aliphatic carbocycles. The van der Waals surface area contributed by atoms with Crippen LogP contribution in [-0.4, -0.2) is 12.5 Å². The molecule has 0 saturated carbocycles. The van der Waals surface area contributed by atoms with Gasteiger partial charge in [0.25, 0.3) is 0 Å². The predicted molar refractivity (Wildman–Crippen MR) is 89.1 cm³/mol. The van der Waals surface area contributed by atoms with Gasteiger partial charge in [0.05, 0.1) is 11.3 Å². The first-order chi connectivity index (χ1) is 11.3. The minimum Gasteiger partial charge on any atom is -0.384 e. The third-order valence-electron chi connectivity index (χ3n) is 3.56. The fourth-order valence-corrected chi connectivity index (χ4v) is 2.37. The second kappa shape index (κ2) is 7.38. The van der Waals surface area contributed by atoms with Gasteiger partial charge in [-0.3, -0.25) is 4.79 Å². The molecule has 0 atom stereocenters. The number of nitrogens with one attached hydrogen (secondary N) is 2. The van der Waals surface area contributed by atoms with Gasteiger partial charge in [-0.25, -0.2) is 0 Å². The Hall–Kier alpha value is -2.50. The second-order valence-corrected chi connectivity index (χ2v) is 5.59. The molecule has 0 aliphatic heterocycles. The number of hydrogen-bond donors (Lipinski definition) is 2. The number of carbonyl (C=O) groups is 1. The van der Waals surface area contributed by atoms with Crippen molar-refractivity contribution in [3.8, 4) is 0 Å². The summed E-state index contributed by atoms with van der Waals surface area (Å²) < 4.78 is 38.7. The largest absolute Gasteiger partial charge is 0.418 e. The monoisotopic (exact) mass is 336 g/mol. The van der Waals surface area contributed by atoms with Crippen LogP contribution in [0.25, 0.3) is 0 Å². The van der Waals surface area contributed by atoms with Crippen LogP contribution >= 0.6 is 0 Å². The Morgan fingerprint density at radius 3 is 2.42 bits per heavy atom. The van der Waals surface area contributed by atoms with E-state index in [0.29, 0.717) is 6.54 Å². The van der Waals surface area contributed by atoms with Crippen molar-refractivity contribution in [2.75, 3.05) is 17.2 Å². The molecule has 0 aromatic heterocycles. The zero-order chi connectivity index (χ0) is 17.7. The maximum Gasteiger partial charge on any atom is 0.418 e. The van der Waals surface area contributed by atoms with Gasteiger partial charge in [0, 0.05) is 18.7 Å². The fourth-order valence-electron chi connectivity index (χ4n) is 2.37. The van der Waals surface area contributed by atoms with E-state index < -0.39 is 17.6 Å². The van der Waals surface area contributed by atoms with Crippen molar-refractivity contribution in [1.82, 2.24) is 0 Å². The van der Waals surface area contributed by atoms with Gasteiger partial charge in [-0.15, -0.1) is 0 Å². The Morgan fingerprint density at radius 2 is 1.75 bits per heavy atom. The van der Waals surface area contributed by atoms with Gasteiger partial charge >= 0.3 is 6.18 Å². The van der Waals surface area contributed by atoms with E-state index in [1.165, 1.54) is 18.2 Å². The summed E-state index contributed by atoms with van der Waals surface area (Å²) in [5.41, 5.74) is 2.03. The number of hydrogen-bond acceptors (Lipinski definition) is 2. The number of para-hydroxylation sites is 1. The van der Waals surface area contributed by atoms with Crippen LogP contribution in [-0.2, 0) is 11.0 Å². The Morgan fingerprint density at radius 1 is 1.04 bits per heavy atom. The first-order valence-electron chi connectivity index (χ1n) is 7.54. The van der Waals surface area contributed by atoms with Crippen LogP contribution in [0.1, 0.15) is 23.1 Å². The predicted octanol–water partition coefficient (Wildman–Crippen LogP) is 4.76. The molecule has 2 N–H and O–H groups in total. The lowest BCUT2D eigenvalue weighted by molar-refractivity contribution is -0.137. The zero-order valence-electron chi connectivity index (χ0n) is 13.5. The van der Waals surface area contributed by atoms with Crippen molar-refractivity contribution >= 4 is 17.3 Å². The molecule has 128 valence electrons. The normalized spacial score (nSPS) is 11.2. The summed E-state index contributed by atoms with van der Waals surface area (Å²) in [5.74, 6) is -0.469. The summed E-state index contributed by atoms with van der Waals surface area (Å²) in [7, 11) is 0. The van der Waals surface area contributed by atoms with Crippen LogP contribution in [0, 0.1) is 13.8 Å². The summed E-state index contributed by atoms with van der Waals surface area (Å²) in [6.07, 6.45) is -4.43. The van der Waals surface area contributed by atoms with Crippen molar-refractivity contribution in [3.05, 3.63) is 59.2 Å². The van der Waals surface area contributed by atoms with Crippen molar-refractivity contribution in [3.63, 3.8) is 0 Å². The van der Waals surface area contributed by atoms with E-state index in [-0.39, 0.29) is 12.1 Å². The SMILES string of the molecule is Cc1ccc(NCCC(=O)Nc2ccccc2C(F)(F)F)c(C)c1. The van der Waals surface area contributed by atoms with Gasteiger partial charge < -0.3 is 10.6 Å². The lowest BCUT2D eigenvalue weighted by Gasteiger charge is -2.14. The fraction of sp³-hybridized carbons (Fsp3) is 0.278. The van der Waals surface area contributed by atoms with E-state index in [1.807, 2.05) is 32.0 Å². The number of anilines is 2. The first kappa shape index (κ1) is 17.8. The van der Waals surface area contributed by atoms with E-state index in [4.69, 9.17) is 0 Å². The van der Waals surface area contributed by atoms with Crippen LogP contribution in [0.4, 0.5) is 24.5 Å². The first-order valence-corrected chi connectivity index (χ1v) is 7.54. The third kappa shape index (κ3) is 4.75. The lowest BCUT2D eigenvalue weighted by atomic mass is 10.1. The molecule has 24 heavy (non-hydrogen) atoms. The summed E-state index contributed by atoms with van der Waals surface area (Å²) in [4.78, 5) is 11.9. The van der Waals surface area contributed by atoms with E-state index in [1.54, 1.807) is 0 Å². The molecule has 0 spiro atoms. The highest BCUT2D eigenvalue weighted by Crippen LogP contribution is 2.34. The Kier molecular flexibility index (Phi) is 5.49. The average Bonchev–Trinajstić information content (AvgIpc) is 2.49. The van der Waals surface area contributed by atoms with E-state index in [2.05, 4.69) is 10.6 Å². The van der Waals surface area contributed by atoms with Gasteiger partial charge in [0.1, 0.15) is 0 Å². The summed E-state index contributed by atoms with van der Waals surface area (Å²) in [6.45, 7) is 4.28. The number of carbonyl (C=O) groups excluding carboxylic acids is 1. The smallest absolute Gasteiger partial charge is 0.384 e. The zero-order valence-corrected chi connectivity index (χ0v) is 13.5. The molecule has 2 rings (SSSR count). The molecule has 0 radical (unpaired) electrons. The topological polar surface area (TPSA) is 41.1 Å². The number of alkyl halides is 3. The minimum absolute atomic E-state index is 0.0690. The number of halogens is 3. The molecule has 0 fully saturated rings. The van der Waals surface area contributed by atoms with Crippen LogP contribution in [0.3, 0.4) is 0 Å². The van der Waals surface area contributed by atoms with Gasteiger partial charge in [-0.2, -0.15) is 13.2 Å². The molecule has 2 aromatic carbocycles. The molecular weight excluding hydrogens is 317 g/mol. The third-order valence-corrected chi connectivity index (χ3v) is 3.56. The lowest BCUT2D eigenvalue weighted by Crippen LogP contribution is -2.19. The summed E-state index contributed by atoms with van der Waals surface area (Å²) >= 11 is 0. The Balaban J connectivity index is 1.93. The minimum atomic E-state index is -4.50. The molecular formula is C18H19F3N2O. The molecule has 1 amide bonds. The van der Waals surface area contributed by atoms with Crippen molar-refractivity contribution < 1.29 is 18.0 Å². The van der Waals surface area contributed by atoms with Gasteiger partial charge in [0.2, 0.25) is 5.91 Å². The van der Waals surface area contributed by atoms with E-state index in [9.17, 15) is 18.0 Å². The average molecular weight is 336 g/mol. The number of benzene rings is 2. The van der Waals surface area contributed by atoms with Crippen LogP contribution in [0.2, 0.25) is 0 Å². The van der Waals surface area contributed by atoms with Crippen molar-refractivity contribution in [2.45, 2.75) is 26.4 Å². The molecule has 0 unspecified atom stereocenters. The van der Waals surface area contributed by atoms with E-state index >= 15 is 0 Å². The molecule has 6 heteroatoms. The number of amides is 1. The van der Waals surface area contributed by atoms with Crippen molar-refractivity contribution in [1.29, 1.82) is 0 Å². The van der Waals surface area contributed by atoms with Crippen LogP contribution in [0.5, 0.6) is 0 Å². The molecule has 0 saturated heterocycles. The number of aryl methyl sites for hydroxylation is 2. The highest BCUT2D eigenvalue weighted by atomic mass is 19.4. The molecule has 0 bridgehead atoms. The van der Waals surface area contributed by atoms with Crippen LogP contribution in [0.15, 0.2) is 42.5 Å². The Bertz CT molecular complexity index is 726. The quantitative estimate of drug-likeness (QED) is 0.826.